The average molecular weight is 502 g/mol. The van der Waals surface area contributed by atoms with Gasteiger partial charge in [0, 0.05) is 24.9 Å². The van der Waals surface area contributed by atoms with Crippen molar-refractivity contribution >= 4 is 45.2 Å². The summed E-state index contributed by atoms with van der Waals surface area (Å²) in [7, 11) is -3.61. The van der Waals surface area contributed by atoms with Crippen molar-refractivity contribution in [2.45, 2.75) is 19.3 Å². The molecule has 0 saturated carbocycles. The average Bonchev–Trinajstić information content (AvgIpc) is 2.73. The van der Waals surface area contributed by atoms with E-state index in [0.717, 1.165) is 11.8 Å². The maximum atomic E-state index is 13.2. The molecule has 0 radical (unpaired) electrons. The number of halogens is 2. The van der Waals surface area contributed by atoms with E-state index in [9.17, 15) is 18.0 Å². The van der Waals surface area contributed by atoms with E-state index in [-0.39, 0.29) is 38.1 Å². The SMILES string of the molecule is CC(=O)OCCN(CC(CCOS(C)(=O)=O)c1ccc(Cl)c(Cl)c1)C(=O)c1ccccc1. The van der Waals surface area contributed by atoms with E-state index in [4.69, 9.17) is 32.1 Å². The third kappa shape index (κ3) is 8.78. The summed E-state index contributed by atoms with van der Waals surface area (Å²) in [5.74, 6) is -0.997. The molecule has 1 unspecified atom stereocenters. The Morgan fingerprint density at radius 1 is 1.03 bits per heavy atom. The van der Waals surface area contributed by atoms with Gasteiger partial charge in [-0.05, 0) is 36.2 Å². The van der Waals surface area contributed by atoms with Crippen LogP contribution in [0.4, 0.5) is 0 Å². The summed E-state index contributed by atoms with van der Waals surface area (Å²) in [5, 5.41) is 0.729. The number of hydrogen-bond donors (Lipinski definition) is 0. The Morgan fingerprint density at radius 2 is 1.72 bits per heavy atom. The minimum atomic E-state index is -3.61. The van der Waals surface area contributed by atoms with Crippen LogP contribution in [0.15, 0.2) is 48.5 Å². The van der Waals surface area contributed by atoms with Crippen molar-refractivity contribution in [3.63, 3.8) is 0 Å². The molecule has 2 rings (SSSR count). The third-order valence-electron chi connectivity index (χ3n) is 4.59. The zero-order valence-electron chi connectivity index (χ0n) is 17.8. The second-order valence-electron chi connectivity index (χ2n) is 7.14. The molecule has 174 valence electrons. The normalized spacial score (nSPS) is 12.2. The molecular formula is C22H25Cl2NO6S. The number of amides is 1. The smallest absolute Gasteiger partial charge is 0.302 e. The van der Waals surface area contributed by atoms with Crippen molar-refractivity contribution in [3.05, 3.63) is 69.7 Å². The van der Waals surface area contributed by atoms with Crippen molar-refractivity contribution in [1.82, 2.24) is 4.90 Å². The van der Waals surface area contributed by atoms with Crippen LogP contribution in [0.1, 0.15) is 35.2 Å². The number of carbonyl (C=O) groups is 2. The highest BCUT2D eigenvalue weighted by molar-refractivity contribution is 7.85. The third-order valence-corrected chi connectivity index (χ3v) is 5.93. The van der Waals surface area contributed by atoms with E-state index in [1.54, 1.807) is 53.4 Å². The van der Waals surface area contributed by atoms with E-state index >= 15 is 0 Å². The van der Waals surface area contributed by atoms with Gasteiger partial charge in [0.05, 0.1) is 29.5 Å². The lowest BCUT2D eigenvalue weighted by atomic mass is 9.95. The van der Waals surface area contributed by atoms with Crippen LogP contribution in [0.2, 0.25) is 10.0 Å². The molecule has 1 atom stereocenters. The summed E-state index contributed by atoms with van der Waals surface area (Å²) in [6.07, 6.45) is 1.28. The molecule has 0 fully saturated rings. The maximum Gasteiger partial charge on any atom is 0.302 e. The molecule has 0 bridgehead atoms. The summed E-state index contributed by atoms with van der Waals surface area (Å²) in [6, 6.07) is 13.8. The molecule has 2 aromatic rings. The Labute approximate surface area is 198 Å². The van der Waals surface area contributed by atoms with Crippen LogP contribution in [0.25, 0.3) is 0 Å². The minimum absolute atomic E-state index is 0.0296. The van der Waals surface area contributed by atoms with Gasteiger partial charge in [-0.15, -0.1) is 0 Å². The number of ether oxygens (including phenoxy) is 1. The molecule has 0 N–H and O–H groups in total. The van der Waals surface area contributed by atoms with Gasteiger partial charge in [-0.1, -0.05) is 47.5 Å². The Morgan fingerprint density at radius 3 is 2.31 bits per heavy atom. The number of hydrogen-bond acceptors (Lipinski definition) is 6. The first-order valence-electron chi connectivity index (χ1n) is 9.84. The van der Waals surface area contributed by atoms with Crippen LogP contribution in [0.3, 0.4) is 0 Å². The lowest BCUT2D eigenvalue weighted by molar-refractivity contribution is -0.141. The predicted octanol–water partition coefficient (Wildman–Crippen LogP) is 4.15. The minimum Gasteiger partial charge on any atom is -0.464 e. The quantitative estimate of drug-likeness (QED) is 0.339. The van der Waals surface area contributed by atoms with Crippen molar-refractivity contribution < 1.29 is 26.9 Å². The van der Waals surface area contributed by atoms with Gasteiger partial charge in [0.15, 0.2) is 0 Å². The second-order valence-corrected chi connectivity index (χ2v) is 9.60. The Kier molecular flexibility index (Phi) is 9.96. The van der Waals surface area contributed by atoms with Gasteiger partial charge in [-0.2, -0.15) is 8.42 Å². The Bertz CT molecular complexity index is 1030. The van der Waals surface area contributed by atoms with Gasteiger partial charge < -0.3 is 9.64 Å². The predicted molar refractivity (Wildman–Crippen MR) is 124 cm³/mol. The highest BCUT2D eigenvalue weighted by Crippen LogP contribution is 2.29. The number of carbonyl (C=O) groups excluding carboxylic acids is 2. The second kappa shape index (κ2) is 12.2. The molecule has 10 heteroatoms. The molecule has 0 aliphatic carbocycles. The fourth-order valence-electron chi connectivity index (χ4n) is 3.08. The van der Waals surface area contributed by atoms with Crippen molar-refractivity contribution in [2.75, 3.05) is 32.6 Å². The highest BCUT2D eigenvalue weighted by atomic mass is 35.5. The van der Waals surface area contributed by atoms with Gasteiger partial charge in [0.2, 0.25) is 0 Å². The Hall–Kier alpha value is -2.13. The van der Waals surface area contributed by atoms with Crippen molar-refractivity contribution in [1.29, 1.82) is 0 Å². The molecule has 0 spiro atoms. The van der Waals surface area contributed by atoms with E-state index in [2.05, 4.69) is 0 Å². The van der Waals surface area contributed by atoms with Crippen LogP contribution in [0, 0.1) is 0 Å². The number of esters is 1. The van der Waals surface area contributed by atoms with E-state index in [1.807, 2.05) is 0 Å². The number of rotatable bonds is 11. The van der Waals surface area contributed by atoms with Gasteiger partial charge in [-0.25, -0.2) is 0 Å². The maximum absolute atomic E-state index is 13.2. The first-order valence-corrected chi connectivity index (χ1v) is 12.4. The molecule has 7 nitrogen and oxygen atoms in total. The first-order chi connectivity index (χ1) is 15.1. The summed E-state index contributed by atoms with van der Waals surface area (Å²) in [4.78, 5) is 25.9. The fourth-order valence-corrected chi connectivity index (χ4v) is 3.78. The van der Waals surface area contributed by atoms with Crippen molar-refractivity contribution in [3.8, 4) is 0 Å². The van der Waals surface area contributed by atoms with Gasteiger partial charge in [0.1, 0.15) is 6.61 Å². The van der Waals surface area contributed by atoms with Crippen LogP contribution in [-0.4, -0.2) is 57.8 Å². The highest BCUT2D eigenvalue weighted by Gasteiger charge is 2.23. The molecule has 0 aliphatic heterocycles. The molecule has 0 heterocycles. The number of nitrogens with zero attached hydrogens (tertiary/aromatic N) is 1. The lowest BCUT2D eigenvalue weighted by Crippen LogP contribution is -2.38. The van der Waals surface area contributed by atoms with E-state index in [1.165, 1.54) is 6.92 Å². The van der Waals surface area contributed by atoms with Crippen LogP contribution in [-0.2, 0) is 23.8 Å². The zero-order chi connectivity index (χ0) is 23.7. The fraction of sp³-hybridized carbons (Fsp3) is 0.364. The monoisotopic (exact) mass is 501 g/mol. The van der Waals surface area contributed by atoms with E-state index in [0.29, 0.717) is 22.0 Å². The molecule has 0 saturated heterocycles. The van der Waals surface area contributed by atoms with Crippen LogP contribution >= 0.6 is 23.2 Å². The topological polar surface area (TPSA) is 90.0 Å². The largest absolute Gasteiger partial charge is 0.464 e. The van der Waals surface area contributed by atoms with Gasteiger partial charge >= 0.3 is 5.97 Å². The van der Waals surface area contributed by atoms with Crippen LogP contribution in [0.5, 0.6) is 0 Å². The molecule has 0 aliphatic rings. The summed E-state index contributed by atoms with van der Waals surface area (Å²) in [5.41, 5.74) is 1.26. The standard InChI is InChI=1S/C22H25Cl2NO6S/c1-16(26)30-13-11-25(22(27)17-6-4-3-5-7-17)15-19(10-12-31-32(2,28)29)18-8-9-20(23)21(24)14-18/h3-9,14,19H,10-13,15H2,1-2H3. The van der Waals surface area contributed by atoms with Gasteiger partial charge in [-0.3, -0.25) is 13.8 Å². The number of benzene rings is 2. The van der Waals surface area contributed by atoms with E-state index < -0.39 is 16.1 Å². The van der Waals surface area contributed by atoms with Crippen LogP contribution < -0.4 is 0 Å². The molecule has 2 aromatic carbocycles. The summed E-state index contributed by atoms with van der Waals surface area (Å²) < 4.78 is 32.7. The Balaban J connectivity index is 2.29. The summed E-state index contributed by atoms with van der Waals surface area (Å²) >= 11 is 12.2. The molecule has 0 aromatic heterocycles. The first kappa shape index (κ1) is 26.1. The lowest BCUT2D eigenvalue weighted by Gasteiger charge is -2.28. The zero-order valence-corrected chi connectivity index (χ0v) is 20.1. The van der Waals surface area contributed by atoms with Gasteiger partial charge in [0.25, 0.3) is 16.0 Å². The molecule has 1 amide bonds. The molecular weight excluding hydrogens is 477 g/mol. The van der Waals surface area contributed by atoms with Crippen molar-refractivity contribution in [2.24, 2.45) is 0 Å². The summed E-state index contributed by atoms with van der Waals surface area (Å²) in [6.45, 7) is 1.64. The molecule has 32 heavy (non-hydrogen) atoms.